The van der Waals surface area contributed by atoms with E-state index in [9.17, 15) is 4.79 Å². The van der Waals surface area contributed by atoms with E-state index in [1.54, 1.807) is 11.8 Å². The molecule has 0 saturated carbocycles. The van der Waals surface area contributed by atoms with Gasteiger partial charge in [0.2, 0.25) is 5.91 Å². The van der Waals surface area contributed by atoms with Crippen LogP contribution in [0.4, 0.5) is 10.8 Å². The Morgan fingerprint density at radius 3 is 2.67 bits per heavy atom. The molecule has 0 unspecified atom stereocenters. The first kappa shape index (κ1) is 19.5. The zero-order valence-electron chi connectivity index (χ0n) is 15.6. The van der Waals surface area contributed by atoms with Crippen LogP contribution in [-0.2, 0) is 11.3 Å². The van der Waals surface area contributed by atoms with E-state index in [1.807, 2.05) is 60.8 Å². The van der Waals surface area contributed by atoms with Gasteiger partial charge >= 0.3 is 0 Å². The van der Waals surface area contributed by atoms with Gasteiger partial charge in [0.15, 0.2) is 5.13 Å². The summed E-state index contributed by atoms with van der Waals surface area (Å²) in [5, 5.41) is 5.70. The maximum Gasteiger partial charge on any atom is 0.230 e. The number of carbonyl (C=O) groups excluding carboxylic acids is 1. The molecule has 3 aromatic rings. The van der Waals surface area contributed by atoms with E-state index >= 15 is 0 Å². The summed E-state index contributed by atoms with van der Waals surface area (Å²) in [7, 11) is 0. The first-order valence-corrected chi connectivity index (χ1v) is 10.1. The van der Waals surface area contributed by atoms with Crippen LogP contribution in [-0.4, -0.2) is 10.9 Å². The van der Waals surface area contributed by atoms with Crippen molar-refractivity contribution >= 4 is 39.7 Å². The highest BCUT2D eigenvalue weighted by atomic mass is 35.5. The molecule has 0 aliphatic carbocycles. The number of amides is 1. The number of aryl methyl sites for hydroxylation is 1. The first-order chi connectivity index (χ1) is 12.9. The first-order valence-electron chi connectivity index (χ1n) is 8.84. The Balaban J connectivity index is 1.71. The van der Waals surface area contributed by atoms with Crippen molar-refractivity contribution in [2.24, 2.45) is 0 Å². The van der Waals surface area contributed by atoms with Gasteiger partial charge in [0.05, 0.1) is 5.69 Å². The fraction of sp³-hybridized carbons (Fsp3) is 0.238. The van der Waals surface area contributed by atoms with Gasteiger partial charge in [-0.3, -0.25) is 9.69 Å². The van der Waals surface area contributed by atoms with Crippen molar-refractivity contribution in [2.75, 3.05) is 4.90 Å². The minimum absolute atomic E-state index is 0.0417. The van der Waals surface area contributed by atoms with E-state index in [0.29, 0.717) is 11.2 Å². The highest BCUT2D eigenvalue weighted by molar-refractivity contribution is 7.14. The molecular formula is C21H23ClN3OS+. The minimum Gasteiger partial charge on any atom is -0.335 e. The van der Waals surface area contributed by atoms with E-state index < -0.39 is 0 Å². The van der Waals surface area contributed by atoms with Crippen molar-refractivity contribution in [3.63, 3.8) is 0 Å². The number of carbonyl (C=O) groups is 1. The topological polar surface area (TPSA) is 49.8 Å². The van der Waals surface area contributed by atoms with Gasteiger partial charge in [-0.05, 0) is 43.7 Å². The van der Waals surface area contributed by atoms with Crippen LogP contribution in [0.5, 0.6) is 0 Å². The molecule has 1 atom stereocenters. The molecule has 0 saturated heterocycles. The number of benzene rings is 2. The van der Waals surface area contributed by atoms with Crippen LogP contribution in [0.3, 0.4) is 0 Å². The number of nitrogens with zero attached hydrogens (tertiary/aromatic N) is 2. The van der Waals surface area contributed by atoms with E-state index in [1.165, 1.54) is 16.9 Å². The van der Waals surface area contributed by atoms with E-state index in [2.05, 4.69) is 17.2 Å². The third-order valence-electron chi connectivity index (χ3n) is 4.38. The molecule has 0 radical (unpaired) electrons. The smallest absolute Gasteiger partial charge is 0.230 e. The van der Waals surface area contributed by atoms with Crippen molar-refractivity contribution in [3.8, 4) is 0 Å². The average molecular weight is 401 g/mol. The minimum atomic E-state index is -0.0417. The van der Waals surface area contributed by atoms with Crippen LogP contribution in [0.1, 0.15) is 36.7 Å². The standard InChI is InChI=1S/C21H22ClN3OS/c1-14-5-4-6-20(11-14)25(16(3)26)21-24-19(13-27-21)12-23-15(2)17-7-9-18(22)10-8-17/h4-11,13,15,23H,12H2,1-3H3/p+1/t15-/m0/s1. The maximum atomic E-state index is 12.2. The van der Waals surface area contributed by atoms with Crippen molar-refractivity contribution in [3.05, 3.63) is 75.8 Å². The molecule has 0 spiro atoms. The fourth-order valence-electron chi connectivity index (χ4n) is 2.89. The lowest BCUT2D eigenvalue weighted by atomic mass is 10.1. The molecule has 2 aromatic carbocycles. The zero-order valence-corrected chi connectivity index (χ0v) is 17.2. The number of thiazole rings is 1. The Hall–Kier alpha value is -2.21. The lowest BCUT2D eigenvalue weighted by Gasteiger charge is -2.18. The van der Waals surface area contributed by atoms with Crippen LogP contribution in [0.15, 0.2) is 53.9 Å². The average Bonchev–Trinajstić information content (AvgIpc) is 3.08. The van der Waals surface area contributed by atoms with Crippen molar-refractivity contribution in [1.29, 1.82) is 0 Å². The van der Waals surface area contributed by atoms with Crippen molar-refractivity contribution in [2.45, 2.75) is 33.4 Å². The van der Waals surface area contributed by atoms with Crippen molar-refractivity contribution in [1.82, 2.24) is 4.98 Å². The molecule has 3 rings (SSSR count). The van der Waals surface area contributed by atoms with Gasteiger partial charge in [0.25, 0.3) is 0 Å². The van der Waals surface area contributed by atoms with Gasteiger partial charge in [0, 0.05) is 22.9 Å². The highest BCUT2D eigenvalue weighted by Gasteiger charge is 2.19. The normalized spacial score (nSPS) is 12.0. The molecule has 140 valence electrons. The van der Waals surface area contributed by atoms with Crippen LogP contribution >= 0.6 is 22.9 Å². The molecular weight excluding hydrogens is 378 g/mol. The van der Waals surface area contributed by atoms with Crippen LogP contribution in [0.2, 0.25) is 5.02 Å². The molecule has 1 amide bonds. The summed E-state index contributed by atoms with van der Waals surface area (Å²) in [6.45, 7) is 6.49. The summed E-state index contributed by atoms with van der Waals surface area (Å²) >= 11 is 7.45. The molecule has 0 aliphatic heterocycles. The summed E-state index contributed by atoms with van der Waals surface area (Å²) < 4.78 is 0. The molecule has 27 heavy (non-hydrogen) atoms. The molecule has 6 heteroatoms. The summed E-state index contributed by atoms with van der Waals surface area (Å²) in [6.07, 6.45) is 0. The second kappa shape index (κ2) is 8.65. The van der Waals surface area contributed by atoms with E-state index in [4.69, 9.17) is 11.6 Å². The number of anilines is 2. The second-order valence-corrected chi connectivity index (χ2v) is 7.87. The Morgan fingerprint density at radius 1 is 1.26 bits per heavy atom. The van der Waals surface area contributed by atoms with Gasteiger partial charge in [-0.25, -0.2) is 4.98 Å². The monoisotopic (exact) mass is 400 g/mol. The summed E-state index contributed by atoms with van der Waals surface area (Å²) in [4.78, 5) is 18.6. The Bertz CT molecular complexity index is 923. The zero-order chi connectivity index (χ0) is 19.4. The lowest BCUT2D eigenvalue weighted by Crippen LogP contribution is -2.83. The third kappa shape index (κ3) is 4.95. The SMILES string of the molecule is CC(=O)N(c1cccc(C)c1)c1nc(C[NH2+][C@@H](C)c2ccc(Cl)cc2)cs1. The molecule has 0 bridgehead atoms. The molecule has 0 fully saturated rings. The quantitative estimate of drug-likeness (QED) is 0.656. The molecule has 4 nitrogen and oxygen atoms in total. The van der Waals surface area contributed by atoms with E-state index in [0.717, 1.165) is 28.5 Å². The molecule has 0 aliphatic rings. The van der Waals surface area contributed by atoms with Gasteiger partial charge < -0.3 is 5.32 Å². The van der Waals surface area contributed by atoms with E-state index in [-0.39, 0.29) is 5.91 Å². The molecule has 1 aromatic heterocycles. The second-order valence-electron chi connectivity index (χ2n) is 6.59. The molecule has 1 heterocycles. The lowest BCUT2D eigenvalue weighted by molar-refractivity contribution is -0.708. The summed E-state index contributed by atoms with van der Waals surface area (Å²) in [5.41, 5.74) is 4.15. The number of hydrogen-bond acceptors (Lipinski definition) is 3. The van der Waals surface area contributed by atoms with Gasteiger partial charge in [-0.15, -0.1) is 11.3 Å². The highest BCUT2D eigenvalue weighted by Crippen LogP contribution is 2.29. The number of hydrogen-bond donors (Lipinski definition) is 1. The number of nitrogens with two attached hydrogens (primary N) is 1. The van der Waals surface area contributed by atoms with Crippen LogP contribution in [0, 0.1) is 6.92 Å². The predicted octanol–water partition coefficient (Wildman–Crippen LogP) is 4.61. The molecule has 2 N–H and O–H groups in total. The summed E-state index contributed by atoms with van der Waals surface area (Å²) in [5.74, 6) is -0.0417. The van der Waals surface area contributed by atoms with Crippen LogP contribution in [0.25, 0.3) is 0 Å². The van der Waals surface area contributed by atoms with Crippen LogP contribution < -0.4 is 10.2 Å². The maximum absolute atomic E-state index is 12.2. The Labute approximate surface area is 168 Å². The van der Waals surface area contributed by atoms with Crippen molar-refractivity contribution < 1.29 is 10.1 Å². The number of halogens is 1. The fourth-order valence-corrected chi connectivity index (χ4v) is 3.91. The Morgan fingerprint density at radius 2 is 2.00 bits per heavy atom. The number of rotatable bonds is 6. The van der Waals surface area contributed by atoms with Gasteiger partial charge in [-0.1, -0.05) is 35.9 Å². The number of quaternary nitrogens is 1. The third-order valence-corrected chi connectivity index (χ3v) is 5.51. The summed E-state index contributed by atoms with van der Waals surface area (Å²) in [6, 6.07) is 16.1. The number of aromatic nitrogens is 1. The van der Waals surface area contributed by atoms with Gasteiger partial charge in [-0.2, -0.15) is 0 Å². The predicted molar refractivity (Wildman–Crippen MR) is 112 cm³/mol. The Kier molecular flexibility index (Phi) is 6.26. The van der Waals surface area contributed by atoms with Gasteiger partial charge in [0.1, 0.15) is 18.3 Å². The largest absolute Gasteiger partial charge is 0.335 e.